The van der Waals surface area contributed by atoms with Crippen molar-refractivity contribution in [3.63, 3.8) is 0 Å². The first-order valence-corrected chi connectivity index (χ1v) is 14.2. The van der Waals surface area contributed by atoms with E-state index in [2.05, 4.69) is 40.5 Å². The number of aromatic nitrogens is 5. The summed E-state index contributed by atoms with van der Waals surface area (Å²) in [4.78, 5) is 7.53. The molecule has 0 aromatic carbocycles. The molecule has 11 heteroatoms. The van der Waals surface area contributed by atoms with E-state index in [1.54, 1.807) is 6.20 Å². The third kappa shape index (κ3) is 4.45. The fourth-order valence-corrected chi connectivity index (χ4v) is 9.75. The fourth-order valence-electron chi connectivity index (χ4n) is 4.22. The standard InChI is InChI=1S/C19H25IN7O2S/c1-2-13-10-14(20-26-30(28,29)9-5-3-4-7-21)11-15(13)19-25-24-17-12-23-18-16(27(17)19)6-8-22-18/h6,8,12-15,22,26H,2-5,9-11H2,1H3/q-1/t13-,14+,15+/m1/s1. The van der Waals surface area contributed by atoms with Crippen LogP contribution in [0.1, 0.15) is 57.2 Å². The molecule has 2 N–H and O–H groups in total. The van der Waals surface area contributed by atoms with Gasteiger partial charge in [0.05, 0.1) is 0 Å². The molecule has 0 amide bonds. The van der Waals surface area contributed by atoms with Gasteiger partial charge in [0.2, 0.25) is 0 Å². The molecule has 0 saturated heterocycles. The van der Waals surface area contributed by atoms with Gasteiger partial charge in [-0.2, -0.15) is 0 Å². The van der Waals surface area contributed by atoms with Gasteiger partial charge in [0, 0.05) is 0 Å². The summed E-state index contributed by atoms with van der Waals surface area (Å²) in [6, 6.07) is 4.04. The van der Waals surface area contributed by atoms with Crippen LogP contribution < -0.4 is 24.4 Å². The van der Waals surface area contributed by atoms with Crippen LogP contribution in [0.25, 0.3) is 16.8 Å². The summed E-state index contributed by atoms with van der Waals surface area (Å²) in [6.07, 6.45) is 8.14. The number of sulfonamides is 1. The van der Waals surface area contributed by atoms with E-state index < -0.39 is 31.5 Å². The van der Waals surface area contributed by atoms with Crippen LogP contribution in [0.5, 0.6) is 0 Å². The molecule has 3 atom stereocenters. The van der Waals surface area contributed by atoms with E-state index in [1.807, 2.05) is 12.3 Å². The summed E-state index contributed by atoms with van der Waals surface area (Å²) in [7, 11) is -3.26. The van der Waals surface area contributed by atoms with E-state index >= 15 is 0 Å². The van der Waals surface area contributed by atoms with E-state index in [4.69, 9.17) is 5.26 Å². The Kier molecular flexibility index (Phi) is 6.54. The second-order valence-corrected chi connectivity index (χ2v) is 13.2. The summed E-state index contributed by atoms with van der Waals surface area (Å²) in [5.41, 5.74) is 2.52. The maximum absolute atomic E-state index is 12.3. The molecular weight excluding hydrogens is 517 g/mol. The van der Waals surface area contributed by atoms with Gasteiger partial charge in [-0.15, -0.1) is 0 Å². The van der Waals surface area contributed by atoms with E-state index in [0.717, 1.165) is 41.9 Å². The van der Waals surface area contributed by atoms with Crippen LogP contribution in [0.2, 0.25) is 0 Å². The molecule has 3 heterocycles. The minimum absolute atomic E-state index is 0.106. The van der Waals surface area contributed by atoms with Crippen LogP contribution in [0.15, 0.2) is 18.5 Å². The van der Waals surface area contributed by atoms with Crippen molar-refractivity contribution in [3.8, 4) is 6.07 Å². The number of nitrogens with one attached hydrogen (secondary N) is 2. The molecule has 30 heavy (non-hydrogen) atoms. The van der Waals surface area contributed by atoms with Crippen molar-refractivity contribution in [1.82, 2.24) is 27.5 Å². The predicted octanol–water partition coefficient (Wildman–Crippen LogP) is -0.505. The Morgan fingerprint density at radius 1 is 1.37 bits per heavy atom. The summed E-state index contributed by atoms with van der Waals surface area (Å²) >= 11 is -0.681. The molecule has 1 saturated carbocycles. The van der Waals surface area contributed by atoms with Crippen LogP contribution in [0.4, 0.5) is 0 Å². The van der Waals surface area contributed by atoms with Gasteiger partial charge in [0.25, 0.3) is 0 Å². The summed E-state index contributed by atoms with van der Waals surface area (Å²) in [6.45, 7) is 2.19. The molecule has 0 aliphatic heterocycles. The second kappa shape index (κ2) is 9.15. The van der Waals surface area contributed by atoms with E-state index in [0.29, 0.717) is 29.1 Å². The first kappa shape index (κ1) is 21.5. The van der Waals surface area contributed by atoms with Crippen LogP contribution >= 0.6 is 0 Å². The Morgan fingerprint density at radius 2 is 2.23 bits per heavy atom. The van der Waals surface area contributed by atoms with Crippen LogP contribution in [0, 0.1) is 17.2 Å². The summed E-state index contributed by atoms with van der Waals surface area (Å²) in [5, 5.41) is 17.4. The molecule has 0 spiro atoms. The first-order chi connectivity index (χ1) is 14.5. The van der Waals surface area contributed by atoms with Crippen molar-refractivity contribution >= 4 is 26.8 Å². The summed E-state index contributed by atoms with van der Waals surface area (Å²) in [5.74, 6) is 1.78. The number of fused-ring (bicyclic) bond motifs is 3. The van der Waals surface area contributed by atoms with Crippen molar-refractivity contribution < 1.29 is 29.9 Å². The molecule has 1 aliphatic rings. The van der Waals surface area contributed by atoms with E-state index in [1.165, 1.54) is 0 Å². The zero-order valence-corrected chi connectivity index (χ0v) is 19.7. The van der Waals surface area contributed by atoms with Crippen molar-refractivity contribution in [2.45, 2.75) is 55.3 Å². The molecule has 1 aliphatic carbocycles. The molecular formula is C19H25IN7O2S-. The Bertz CT molecular complexity index is 1170. The predicted molar refractivity (Wildman–Crippen MR) is 109 cm³/mol. The number of unbranched alkanes of at least 4 members (excludes halogenated alkanes) is 2. The van der Waals surface area contributed by atoms with Gasteiger partial charge in [0.1, 0.15) is 0 Å². The molecule has 4 rings (SSSR count). The first-order valence-electron chi connectivity index (χ1n) is 10.2. The van der Waals surface area contributed by atoms with Gasteiger partial charge in [-0.25, -0.2) is 0 Å². The van der Waals surface area contributed by atoms with Crippen LogP contribution in [0.3, 0.4) is 0 Å². The number of alkyl halides is 1. The molecule has 0 bridgehead atoms. The Hall–Kier alpha value is -1.78. The second-order valence-electron chi connectivity index (χ2n) is 7.69. The monoisotopic (exact) mass is 542 g/mol. The Morgan fingerprint density at radius 3 is 3.03 bits per heavy atom. The third-order valence-electron chi connectivity index (χ3n) is 5.73. The van der Waals surface area contributed by atoms with Gasteiger partial charge >= 0.3 is 187 Å². The van der Waals surface area contributed by atoms with Gasteiger partial charge in [-0.1, -0.05) is 0 Å². The van der Waals surface area contributed by atoms with Crippen molar-refractivity contribution in [2.75, 3.05) is 5.75 Å². The number of H-pyrrole nitrogens is 1. The number of rotatable bonds is 9. The molecule has 0 unspecified atom stereocenters. The quantitative estimate of drug-likeness (QED) is 0.162. The van der Waals surface area contributed by atoms with Gasteiger partial charge in [-0.3, -0.25) is 0 Å². The molecule has 9 nitrogen and oxygen atoms in total. The molecule has 162 valence electrons. The zero-order valence-electron chi connectivity index (χ0n) is 16.8. The normalized spacial score (nSPS) is 22.2. The average Bonchev–Trinajstić information content (AvgIpc) is 3.46. The summed E-state index contributed by atoms with van der Waals surface area (Å²) < 4.78 is 30.0. The maximum atomic E-state index is 12.3. The molecule has 3 aromatic heterocycles. The zero-order chi connectivity index (χ0) is 21.1. The molecule has 3 aromatic rings. The SMILES string of the molecule is CC[C@@H]1C[C@H]([I-]NS(=O)(=O)CCCCC#N)C[C@@H]1c1nnc2cnc3[nH]ccc3n12. The van der Waals surface area contributed by atoms with E-state index in [-0.39, 0.29) is 11.7 Å². The molecule has 1 fully saturated rings. The van der Waals surface area contributed by atoms with Crippen molar-refractivity contribution in [1.29, 1.82) is 5.26 Å². The van der Waals surface area contributed by atoms with Crippen molar-refractivity contribution in [3.05, 3.63) is 24.3 Å². The Labute approximate surface area is 186 Å². The number of halogens is 1. The fraction of sp³-hybridized carbons (Fsp3) is 0.579. The average molecular weight is 542 g/mol. The van der Waals surface area contributed by atoms with E-state index in [9.17, 15) is 8.42 Å². The number of aromatic amines is 1. The topological polar surface area (TPSA) is 129 Å². The number of nitriles is 1. The number of hydrogen-bond acceptors (Lipinski definition) is 6. The van der Waals surface area contributed by atoms with Crippen LogP contribution in [-0.4, -0.2) is 42.7 Å². The van der Waals surface area contributed by atoms with Crippen LogP contribution in [-0.2, 0) is 10.0 Å². The molecule has 0 radical (unpaired) electrons. The number of hydrogen-bond donors (Lipinski definition) is 2. The van der Waals surface area contributed by atoms with Gasteiger partial charge in [0.15, 0.2) is 0 Å². The minimum atomic E-state index is -3.26. The van der Waals surface area contributed by atoms with Gasteiger partial charge < -0.3 is 0 Å². The van der Waals surface area contributed by atoms with Crippen molar-refractivity contribution in [2.24, 2.45) is 5.92 Å². The van der Waals surface area contributed by atoms with Gasteiger partial charge in [-0.05, 0) is 0 Å². The Balaban J connectivity index is 1.47. The number of nitrogens with zero attached hydrogens (tertiary/aromatic N) is 5. The third-order valence-corrected chi connectivity index (χ3v) is 11.6.